The second kappa shape index (κ2) is 16.2. The van der Waals surface area contributed by atoms with Crippen LogP contribution in [0.3, 0.4) is 0 Å². The lowest BCUT2D eigenvalue weighted by atomic mass is 10.1. The number of anilines is 1. The van der Waals surface area contributed by atoms with Crippen LogP contribution in [0, 0.1) is 0 Å². The largest absolute Gasteiger partial charge is 0.493 e. The lowest BCUT2D eigenvalue weighted by Crippen LogP contribution is -2.54. The number of amides is 4. The fourth-order valence-corrected chi connectivity index (χ4v) is 5.00. The Kier molecular flexibility index (Phi) is 11.4. The third-order valence-corrected chi connectivity index (χ3v) is 7.41. The van der Waals surface area contributed by atoms with Gasteiger partial charge in [0, 0.05) is 6.07 Å². The van der Waals surface area contributed by atoms with E-state index in [0.717, 1.165) is 22.4 Å². The molecule has 0 spiro atoms. The molecular weight excluding hydrogens is 628 g/mol. The van der Waals surface area contributed by atoms with Crippen LogP contribution < -0.4 is 38.6 Å². The number of ether oxygens (including phenoxy) is 6. The van der Waals surface area contributed by atoms with Crippen molar-refractivity contribution in [3.63, 3.8) is 0 Å². The van der Waals surface area contributed by atoms with Gasteiger partial charge in [0.05, 0.1) is 33.1 Å². The third kappa shape index (κ3) is 8.31. The van der Waals surface area contributed by atoms with E-state index in [1.807, 2.05) is 62.4 Å². The highest BCUT2D eigenvalue weighted by atomic mass is 16.5. The zero-order chi connectivity index (χ0) is 34.8. The molecule has 0 unspecified atom stereocenters. The number of hydrogen-bond donors (Lipinski definition) is 1. The van der Waals surface area contributed by atoms with Gasteiger partial charge in [-0.15, -0.1) is 0 Å². The number of carbonyl (C=O) groups excluding carboxylic acids is 3. The highest BCUT2D eigenvalue weighted by Crippen LogP contribution is 2.35. The van der Waals surface area contributed by atoms with E-state index < -0.39 is 17.8 Å². The van der Waals surface area contributed by atoms with Gasteiger partial charge in [0.2, 0.25) is 0 Å². The molecule has 0 saturated carbocycles. The number of urea groups is 1. The van der Waals surface area contributed by atoms with Crippen LogP contribution in [0.5, 0.6) is 34.5 Å². The van der Waals surface area contributed by atoms with Crippen LogP contribution in [0.1, 0.15) is 37.0 Å². The minimum atomic E-state index is -0.870. The fraction of sp³-hybridized carbons (Fsp3) is 0.237. The summed E-state index contributed by atoms with van der Waals surface area (Å²) in [5.74, 6) is 1.27. The quantitative estimate of drug-likeness (QED) is 0.109. The minimum Gasteiger partial charge on any atom is -0.493 e. The zero-order valence-electron chi connectivity index (χ0n) is 27.8. The molecule has 1 aliphatic rings. The van der Waals surface area contributed by atoms with E-state index in [1.165, 1.54) is 19.3 Å². The lowest BCUT2D eigenvalue weighted by molar-refractivity contribution is -0.122. The van der Waals surface area contributed by atoms with Crippen molar-refractivity contribution in [1.82, 2.24) is 5.32 Å². The molecule has 4 aromatic rings. The SMILES string of the molecule is CCCOc1ccc(N2C(=O)NC(=O)/C(=C\c3ccc(OCc4ccc(OCc5ccccc5)c(OC)c4)c(OC)c3)C2=O)cc1OCC. The van der Waals surface area contributed by atoms with Gasteiger partial charge < -0.3 is 28.4 Å². The first-order valence-corrected chi connectivity index (χ1v) is 15.8. The average molecular weight is 667 g/mol. The number of hydrogen-bond acceptors (Lipinski definition) is 9. The monoisotopic (exact) mass is 666 g/mol. The summed E-state index contributed by atoms with van der Waals surface area (Å²) in [7, 11) is 3.07. The molecule has 1 fully saturated rings. The molecule has 11 heteroatoms. The number of methoxy groups -OCH3 is 2. The molecule has 0 aromatic heterocycles. The van der Waals surface area contributed by atoms with Crippen molar-refractivity contribution in [3.8, 4) is 34.5 Å². The smallest absolute Gasteiger partial charge is 0.335 e. The Hall–Kier alpha value is -5.97. The summed E-state index contributed by atoms with van der Waals surface area (Å²) in [4.78, 5) is 40.2. The maximum Gasteiger partial charge on any atom is 0.335 e. The molecule has 0 radical (unpaired) electrons. The van der Waals surface area contributed by atoms with E-state index in [0.29, 0.717) is 59.9 Å². The zero-order valence-corrected chi connectivity index (χ0v) is 27.8. The molecule has 0 atom stereocenters. The Morgan fingerprint density at radius 2 is 1.31 bits per heavy atom. The van der Waals surface area contributed by atoms with Gasteiger partial charge in [-0.1, -0.05) is 49.4 Å². The number of barbiturate groups is 1. The van der Waals surface area contributed by atoms with Gasteiger partial charge in [0.1, 0.15) is 18.8 Å². The molecule has 0 aliphatic carbocycles. The molecule has 1 N–H and O–H groups in total. The number of rotatable bonds is 15. The molecule has 4 amide bonds. The lowest BCUT2D eigenvalue weighted by Gasteiger charge is -2.27. The fourth-order valence-electron chi connectivity index (χ4n) is 5.00. The van der Waals surface area contributed by atoms with Crippen molar-refractivity contribution in [1.29, 1.82) is 0 Å². The Bertz CT molecular complexity index is 1840. The number of benzene rings is 4. The Morgan fingerprint density at radius 3 is 2.00 bits per heavy atom. The summed E-state index contributed by atoms with van der Waals surface area (Å²) in [6.07, 6.45) is 2.19. The first-order valence-electron chi connectivity index (χ1n) is 15.8. The van der Waals surface area contributed by atoms with Crippen molar-refractivity contribution in [3.05, 3.63) is 107 Å². The molecule has 1 aliphatic heterocycles. The number of nitrogens with zero attached hydrogens (tertiary/aromatic N) is 1. The first-order chi connectivity index (χ1) is 23.8. The van der Waals surface area contributed by atoms with E-state index in [2.05, 4.69) is 5.32 Å². The molecular formula is C38H38N2O9. The van der Waals surface area contributed by atoms with E-state index in [4.69, 9.17) is 28.4 Å². The highest BCUT2D eigenvalue weighted by Gasteiger charge is 2.37. The van der Waals surface area contributed by atoms with Crippen LogP contribution in [-0.4, -0.2) is 45.3 Å². The molecule has 1 saturated heterocycles. The Balaban J connectivity index is 1.31. The minimum absolute atomic E-state index is 0.204. The van der Waals surface area contributed by atoms with Crippen LogP contribution >= 0.6 is 0 Å². The van der Waals surface area contributed by atoms with Gasteiger partial charge >= 0.3 is 6.03 Å². The summed E-state index contributed by atoms with van der Waals surface area (Å²) in [5, 5.41) is 2.25. The van der Waals surface area contributed by atoms with Crippen LogP contribution in [-0.2, 0) is 22.8 Å². The number of carbonyl (C=O) groups is 3. The molecule has 4 aromatic carbocycles. The van der Waals surface area contributed by atoms with Crippen molar-refractivity contribution < 1.29 is 42.8 Å². The summed E-state index contributed by atoms with van der Waals surface area (Å²) in [6.45, 7) is 5.23. The van der Waals surface area contributed by atoms with E-state index in [9.17, 15) is 14.4 Å². The molecule has 49 heavy (non-hydrogen) atoms. The van der Waals surface area contributed by atoms with E-state index >= 15 is 0 Å². The van der Waals surface area contributed by atoms with Gasteiger partial charge in [-0.3, -0.25) is 14.9 Å². The summed E-state index contributed by atoms with van der Waals surface area (Å²) < 4.78 is 34.6. The molecule has 11 nitrogen and oxygen atoms in total. The van der Waals surface area contributed by atoms with Crippen molar-refractivity contribution in [2.75, 3.05) is 32.3 Å². The van der Waals surface area contributed by atoms with Crippen molar-refractivity contribution >= 4 is 29.6 Å². The van der Waals surface area contributed by atoms with Gasteiger partial charge in [-0.2, -0.15) is 0 Å². The van der Waals surface area contributed by atoms with Gasteiger partial charge in [-0.25, -0.2) is 9.69 Å². The summed E-state index contributed by atoms with van der Waals surface area (Å²) >= 11 is 0. The van der Waals surface area contributed by atoms with Crippen LogP contribution in [0.4, 0.5) is 10.5 Å². The van der Waals surface area contributed by atoms with Gasteiger partial charge in [0.25, 0.3) is 11.8 Å². The first kappa shape index (κ1) is 34.4. The normalized spacial score (nSPS) is 13.6. The molecule has 254 valence electrons. The topological polar surface area (TPSA) is 122 Å². The van der Waals surface area contributed by atoms with E-state index in [-0.39, 0.29) is 17.9 Å². The molecule has 5 rings (SSSR count). The van der Waals surface area contributed by atoms with Crippen LogP contribution in [0.25, 0.3) is 6.08 Å². The summed E-state index contributed by atoms with van der Waals surface area (Å²) in [5.41, 5.74) is 2.35. The maximum absolute atomic E-state index is 13.6. The van der Waals surface area contributed by atoms with Crippen molar-refractivity contribution in [2.45, 2.75) is 33.5 Å². The number of nitrogens with one attached hydrogen (secondary N) is 1. The second-order valence-corrected chi connectivity index (χ2v) is 10.8. The molecule has 1 heterocycles. The standard InChI is InChI=1S/C38H38N2O9/c1-5-18-47-32-17-14-28(22-35(32)46-6-2)40-37(42)29(36(41)39-38(40)43)19-26-12-15-30(33(20-26)44-3)49-24-27-13-16-31(34(21-27)45-4)48-23-25-10-8-7-9-11-25/h7-17,19-22H,5-6,18,23-24H2,1-4H3,(H,39,41,43)/b29-19+. The Labute approximate surface area is 284 Å². The van der Waals surface area contributed by atoms with Crippen LogP contribution in [0.15, 0.2) is 90.5 Å². The molecule has 0 bridgehead atoms. The highest BCUT2D eigenvalue weighted by molar-refractivity contribution is 6.39. The predicted octanol–water partition coefficient (Wildman–Crippen LogP) is 6.72. The summed E-state index contributed by atoms with van der Waals surface area (Å²) in [6, 6.07) is 24.3. The van der Waals surface area contributed by atoms with Crippen molar-refractivity contribution in [2.24, 2.45) is 0 Å². The second-order valence-electron chi connectivity index (χ2n) is 10.8. The van der Waals surface area contributed by atoms with Crippen LogP contribution in [0.2, 0.25) is 0 Å². The average Bonchev–Trinajstić information content (AvgIpc) is 3.12. The predicted molar refractivity (Wildman–Crippen MR) is 183 cm³/mol. The number of imide groups is 2. The van der Waals surface area contributed by atoms with Gasteiger partial charge in [0.15, 0.2) is 34.5 Å². The van der Waals surface area contributed by atoms with Gasteiger partial charge in [-0.05, 0) is 72.5 Å². The third-order valence-electron chi connectivity index (χ3n) is 7.41. The Morgan fingerprint density at radius 1 is 0.653 bits per heavy atom. The maximum atomic E-state index is 13.6. The van der Waals surface area contributed by atoms with E-state index in [1.54, 1.807) is 37.4 Å².